The van der Waals surface area contributed by atoms with Crippen molar-refractivity contribution in [2.24, 2.45) is 0 Å². The van der Waals surface area contributed by atoms with E-state index in [4.69, 9.17) is 0 Å². The Labute approximate surface area is 211 Å². The molecule has 4 rings (SSSR count). The van der Waals surface area contributed by atoms with Gasteiger partial charge in [0, 0.05) is 17.8 Å². The van der Waals surface area contributed by atoms with E-state index in [1.807, 2.05) is 49.3 Å². The first-order valence-electron chi connectivity index (χ1n) is 11.5. The van der Waals surface area contributed by atoms with Crippen molar-refractivity contribution in [3.63, 3.8) is 0 Å². The van der Waals surface area contributed by atoms with Gasteiger partial charge in [0.2, 0.25) is 10.0 Å². The first-order valence-corrected chi connectivity index (χ1v) is 13.4. The van der Waals surface area contributed by atoms with E-state index in [1.54, 1.807) is 30.3 Å². The zero-order valence-electron chi connectivity index (χ0n) is 20.5. The van der Waals surface area contributed by atoms with E-state index in [2.05, 4.69) is 10.6 Å². The predicted octanol–water partition coefficient (Wildman–Crippen LogP) is 4.48. The van der Waals surface area contributed by atoms with Crippen LogP contribution in [0.25, 0.3) is 11.3 Å². The highest BCUT2D eigenvalue weighted by Gasteiger charge is 2.29. The Morgan fingerprint density at radius 3 is 2.31 bits per heavy atom. The van der Waals surface area contributed by atoms with Crippen LogP contribution in [0.5, 0.6) is 0 Å². The minimum atomic E-state index is -3.45. The quantitative estimate of drug-likeness (QED) is 0.417. The molecule has 7 nitrogen and oxygen atoms in total. The topological polar surface area (TPSA) is 81.8 Å². The molecule has 0 fully saturated rings. The third-order valence-corrected chi connectivity index (χ3v) is 7.02. The smallest absolute Gasteiger partial charge is 0.258 e. The average molecular weight is 509 g/mol. The van der Waals surface area contributed by atoms with Gasteiger partial charge in [0.1, 0.15) is 5.82 Å². The number of carbonyl (C=O) groups excluding carboxylic acids is 1. The van der Waals surface area contributed by atoms with Crippen LogP contribution in [-0.2, 0) is 14.8 Å². The summed E-state index contributed by atoms with van der Waals surface area (Å²) in [5.74, 6) is -0.760. The number of fused-ring (bicyclic) bond motifs is 1. The van der Waals surface area contributed by atoms with Crippen molar-refractivity contribution in [3.8, 4) is 0 Å². The zero-order chi connectivity index (χ0) is 25.9. The third-order valence-electron chi connectivity index (χ3n) is 5.83. The van der Waals surface area contributed by atoms with Gasteiger partial charge in [-0.25, -0.2) is 12.8 Å². The van der Waals surface area contributed by atoms with Crippen LogP contribution in [0.4, 0.5) is 21.5 Å². The fourth-order valence-electron chi connectivity index (χ4n) is 4.15. The molecular weight excluding hydrogens is 479 g/mol. The lowest BCUT2D eigenvalue weighted by atomic mass is 10.00. The summed E-state index contributed by atoms with van der Waals surface area (Å²) in [6.07, 6.45) is 1.89. The van der Waals surface area contributed by atoms with Gasteiger partial charge in [-0.1, -0.05) is 30.3 Å². The van der Waals surface area contributed by atoms with Crippen LogP contribution in [0.3, 0.4) is 0 Å². The highest BCUT2D eigenvalue weighted by Crippen LogP contribution is 2.38. The van der Waals surface area contributed by atoms with E-state index in [9.17, 15) is 17.6 Å². The van der Waals surface area contributed by atoms with Crippen LogP contribution in [-0.4, -0.2) is 52.7 Å². The summed E-state index contributed by atoms with van der Waals surface area (Å²) in [5, 5.41) is 6.08. The zero-order valence-corrected chi connectivity index (χ0v) is 21.3. The number of nitrogens with one attached hydrogen (secondary N) is 2. The Hall–Kier alpha value is -3.69. The number of sulfonamides is 1. The van der Waals surface area contributed by atoms with Gasteiger partial charge < -0.3 is 15.5 Å². The lowest BCUT2D eigenvalue weighted by Crippen LogP contribution is -2.32. The molecule has 0 saturated heterocycles. The van der Waals surface area contributed by atoms with Crippen LogP contribution in [0.15, 0.2) is 72.8 Å². The maximum absolute atomic E-state index is 13.8. The van der Waals surface area contributed by atoms with E-state index in [0.29, 0.717) is 46.9 Å². The van der Waals surface area contributed by atoms with Crippen molar-refractivity contribution in [2.45, 2.75) is 6.42 Å². The predicted molar refractivity (Wildman–Crippen MR) is 144 cm³/mol. The second-order valence-corrected chi connectivity index (χ2v) is 10.8. The fraction of sp³-hybridized carbons (Fsp3) is 0.222. The van der Waals surface area contributed by atoms with Crippen LogP contribution in [0, 0.1) is 5.82 Å². The van der Waals surface area contributed by atoms with Crippen molar-refractivity contribution in [1.29, 1.82) is 0 Å². The van der Waals surface area contributed by atoms with E-state index < -0.39 is 15.8 Å². The van der Waals surface area contributed by atoms with Gasteiger partial charge in [0.25, 0.3) is 5.91 Å². The molecular formula is C27H29FN4O3S. The van der Waals surface area contributed by atoms with Crippen LogP contribution in [0.1, 0.15) is 17.5 Å². The second kappa shape index (κ2) is 10.5. The maximum atomic E-state index is 13.8. The molecule has 2 N–H and O–H groups in total. The van der Waals surface area contributed by atoms with Gasteiger partial charge in [-0.3, -0.25) is 9.10 Å². The molecule has 1 amide bonds. The summed E-state index contributed by atoms with van der Waals surface area (Å²) in [7, 11) is 0.445. The van der Waals surface area contributed by atoms with Gasteiger partial charge in [0.15, 0.2) is 0 Å². The summed E-state index contributed by atoms with van der Waals surface area (Å²) >= 11 is 0. The molecule has 0 bridgehead atoms. The Morgan fingerprint density at radius 2 is 1.67 bits per heavy atom. The first kappa shape index (κ1) is 25.4. The minimum Gasteiger partial charge on any atom is -0.354 e. The molecule has 9 heteroatoms. The molecule has 3 aromatic rings. The second-order valence-electron chi connectivity index (χ2n) is 8.92. The normalized spacial score (nSPS) is 14.4. The number of benzene rings is 3. The molecule has 0 atom stereocenters. The first-order chi connectivity index (χ1) is 17.1. The average Bonchev–Trinajstić information content (AvgIpc) is 3.15. The summed E-state index contributed by atoms with van der Waals surface area (Å²) < 4.78 is 40.0. The van der Waals surface area contributed by atoms with Gasteiger partial charge in [0.05, 0.1) is 28.9 Å². The van der Waals surface area contributed by atoms with E-state index in [-0.39, 0.29) is 5.91 Å². The molecule has 1 aliphatic rings. The van der Waals surface area contributed by atoms with Crippen molar-refractivity contribution in [1.82, 2.24) is 4.90 Å². The molecule has 0 aromatic heterocycles. The van der Waals surface area contributed by atoms with Gasteiger partial charge in [-0.2, -0.15) is 0 Å². The highest BCUT2D eigenvalue weighted by molar-refractivity contribution is 7.92. The molecule has 36 heavy (non-hydrogen) atoms. The molecule has 188 valence electrons. The standard InChI is InChI=1S/C27H29FN4O3S/c1-31(2)16-7-17-32(36(3,34)35)22-13-11-21(12-14-22)29-26(19-8-5-4-6-9-19)25-23-15-10-20(28)18-24(23)30-27(25)33/h4-6,8-15,18,29H,7,16-17H2,1-3H3,(H,30,33)/b26-25-. The molecule has 0 unspecified atom stereocenters. The monoisotopic (exact) mass is 508 g/mol. The van der Waals surface area contributed by atoms with Crippen molar-refractivity contribution in [2.75, 3.05) is 48.4 Å². The molecule has 0 spiro atoms. The Balaban J connectivity index is 1.69. The van der Waals surface area contributed by atoms with E-state index in [0.717, 1.165) is 12.1 Å². The largest absolute Gasteiger partial charge is 0.354 e. The molecule has 0 aliphatic carbocycles. The van der Waals surface area contributed by atoms with Gasteiger partial charge >= 0.3 is 0 Å². The van der Waals surface area contributed by atoms with Crippen LogP contribution >= 0.6 is 0 Å². The summed E-state index contributed by atoms with van der Waals surface area (Å²) in [6.45, 7) is 1.14. The lowest BCUT2D eigenvalue weighted by Gasteiger charge is -2.23. The number of hydrogen-bond acceptors (Lipinski definition) is 5. The summed E-state index contributed by atoms with van der Waals surface area (Å²) in [6, 6.07) is 20.6. The van der Waals surface area contributed by atoms with Crippen molar-refractivity contribution < 1.29 is 17.6 Å². The van der Waals surface area contributed by atoms with E-state index in [1.165, 1.54) is 22.7 Å². The molecule has 0 radical (unpaired) electrons. The summed E-state index contributed by atoms with van der Waals surface area (Å²) in [4.78, 5) is 15.0. The third kappa shape index (κ3) is 5.75. The molecule has 1 heterocycles. The maximum Gasteiger partial charge on any atom is 0.258 e. The number of amides is 1. The molecule has 1 aliphatic heterocycles. The van der Waals surface area contributed by atoms with Gasteiger partial charge in [-0.15, -0.1) is 0 Å². The fourth-order valence-corrected chi connectivity index (χ4v) is 5.11. The van der Waals surface area contributed by atoms with Crippen molar-refractivity contribution >= 4 is 44.3 Å². The van der Waals surface area contributed by atoms with Crippen molar-refractivity contribution in [3.05, 3.63) is 89.7 Å². The van der Waals surface area contributed by atoms with Crippen LogP contribution in [0.2, 0.25) is 0 Å². The number of carbonyl (C=O) groups is 1. The Bertz CT molecular complexity index is 1390. The minimum absolute atomic E-state index is 0.331. The molecule has 3 aromatic carbocycles. The number of rotatable bonds is 9. The van der Waals surface area contributed by atoms with Gasteiger partial charge in [-0.05, 0) is 75.1 Å². The highest BCUT2D eigenvalue weighted by atomic mass is 32.2. The van der Waals surface area contributed by atoms with Crippen LogP contribution < -0.4 is 14.9 Å². The Morgan fingerprint density at radius 1 is 0.972 bits per heavy atom. The number of nitrogens with zero attached hydrogens (tertiary/aromatic N) is 2. The summed E-state index contributed by atoms with van der Waals surface area (Å²) in [5.41, 5.74) is 4.02. The van der Waals surface area contributed by atoms with E-state index >= 15 is 0 Å². The number of anilines is 3. The number of hydrogen-bond donors (Lipinski definition) is 2. The SMILES string of the molecule is CN(C)CCCN(c1ccc(N/C(=C2\C(=O)Nc3cc(F)ccc32)c2ccccc2)cc1)S(C)(=O)=O. The Kier molecular flexibility index (Phi) is 7.42. The lowest BCUT2D eigenvalue weighted by molar-refractivity contribution is -0.110. The number of halogens is 1. The molecule has 0 saturated carbocycles.